The maximum absolute atomic E-state index is 12.1. The Labute approximate surface area is 195 Å². The number of nitrogens with one attached hydrogen (secondary N) is 3. The van der Waals surface area contributed by atoms with Crippen molar-refractivity contribution in [3.8, 4) is 0 Å². The minimum absolute atomic E-state index is 0. The van der Waals surface area contributed by atoms with Crippen molar-refractivity contribution in [1.82, 2.24) is 15.6 Å². The molecule has 30 heavy (non-hydrogen) atoms. The standard InChI is InChI=1S/C22H29N5O2.HI/c1-16-7-9-17(10-8-16)21-18(5-4-12-29-21)13-25-22(23-2)26-15-20(28)27-19-6-3-11-24-14-19;/h3,6-11,14,18,21H,4-5,12-13,15H2,1-2H3,(H,27,28)(H2,23,25,26);1H. The molecule has 0 aliphatic carbocycles. The van der Waals surface area contributed by atoms with Gasteiger partial charge in [-0.3, -0.25) is 14.8 Å². The highest BCUT2D eigenvalue weighted by Crippen LogP contribution is 2.33. The zero-order valence-corrected chi connectivity index (χ0v) is 19.8. The predicted octanol–water partition coefficient (Wildman–Crippen LogP) is 3.28. The highest BCUT2D eigenvalue weighted by atomic mass is 127. The van der Waals surface area contributed by atoms with Gasteiger partial charge in [0.05, 0.1) is 24.5 Å². The van der Waals surface area contributed by atoms with Gasteiger partial charge in [0.1, 0.15) is 0 Å². The first kappa shape index (κ1) is 24.1. The first-order valence-corrected chi connectivity index (χ1v) is 9.98. The first-order valence-electron chi connectivity index (χ1n) is 9.98. The molecule has 3 rings (SSSR count). The van der Waals surface area contributed by atoms with Gasteiger partial charge in [-0.25, -0.2) is 0 Å². The van der Waals surface area contributed by atoms with Crippen molar-refractivity contribution in [1.29, 1.82) is 0 Å². The van der Waals surface area contributed by atoms with Gasteiger partial charge in [-0.15, -0.1) is 24.0 Å². The van der Waals surface area contributed by atoms with Gasteiger partial charge in [0.15, 0.2) is 5.96 Å². The SMILES string of the molecule is CN=C(NCC(=O)Nc1cccnc1)NCC1CCCOC1c1ccc(C)cc1.I. The van der Waals surface area contributed by atoms with E-state index in [4.69, 9.17) is 4.74 Å². The van der Waals surface area contributed by atoms with Crippen LogP contribution in [0.25, 0.3) is 0 Å². The maximum Gasteiger partial charge on any atom is 0.243 e. The smallest absolute Gasteiger partial charge is 0.243 e. The molecule has 162 valence electrons. The van der Waals surface area contributed by atoms with Gasteiger partial charge in [-0.05, 0) is 37.5 Å². The van der Waals surface area contributed by atoms with E-state index in [1.807, 2.05) is 0 Å². The van der Waals surface area contributed by atoms with Crippen molar-refractivity contribution in [3.05, 3.63) is 59.9 Å². The van der Waals surface area contributed by atoms with Gasteiger partial charge >= 0.3 is 0 Å². The first-order chi connectivity index (χ1) is 14.2. The average molecular weight is 523 g/mol. The number of rotatable bonds is 6. The van der Waals surface area contributed by atoms with Crippen LogP contribution in [0.4, 0.5) is 5.69 Å². The van der Waals surface area contributed by atoms with Gasteiger partial charge in [0, 0.05) is 32.3 Å². The number of benzene rings is 1. The maximum atomic E-state index is 12.1. The lowest BCUT2D eigenvalue weighted by molar-refractivity contribution is -0.115. The summed E-state index contributed by atoms with van der Waals surface area (Å²) in [6, 6.07) is 12.1. The summed E-state index contributed by atoms with van der Waals surface area (Å²) >= 11 is 0. The summed E-state index contributed by atoms with van der Waals surface area (Å²) in [6.45, 7) is 3.72. The molecule has 2 atom stereocenters. The topological polar surface area (TPSA) is 87.6 Å². The molecule has 3 N–H and O–H groups in total. The molecule has 2 aromatic rings. The number of nitrogens with zero attached hydrogens (tertiary/aromatic N) is 2. The second-order valence-electron chi connectivity index (χ2n) is 7.20. The van der Waals surface area contributed by atoms with Crippen LogP contribution in [-0.4, -0.2) is 43.6 Å². The quantitative estimate of drug-likeness (QED) is 0.308. The molecule has 1 aromatic carbocycles. The number of carbonyl (C=O) groups excluding carboxylic acids is 1. The van der Waals surface area contributed by atoms with Gasteiger partial charge in [0.2, 0.25) is 5.91 Å². The van der Waals surface area contributed by atoms with E-state index in [0.717, 1.165) is 26.0 Å². The lowest BCUT2D eigenvalue weighted by atomic mass is 9.89. The number of pyridine rings is 1. The van der Waals surface area contributed by atoms with Crippen LogP contribution in [0.3, 0.4) is 0 Å². The summed E-state index contributed by atoms with van der Waals surface area (Å²) in [5.41, 5.74) is 3.12. The van der Waals surface area contributed by atoms with Crippen molar-refractivity contribution in [2.45, 2.75) is 25.9 Å². The molecule has 1 aromatic heterocycles. The van der Waals surface area contributed by atoms with Crippen LogP contribution >= 0.6 is 24.0 Å². The third-order valence-electron chi connectivity index (χ3n) is 4.97. The monoisotopic (exact) mass is 523 g/mol. The fourth-order valence-electron chi connectivity index (χ4n) is 3.43. The Morgan fingerprint density at radius 1 is 1.23 bits per heavy atom. The van der Waals surface area contributed by atoms with Crippen molar-refractivity contribution in [2.24, 2.45) is 10.9 Å². The average Bonchev–Trinajstić information content (AvgIpc) is 2.75. The normalized spacial score (nSPS) is 18.8. The van der Waals surface area contributed by atoms with E-state index < -0.39 is 0 Å². The summed E-state index contributed by atoms with van der Waals surface area (Å²) in [6.07, 6.45) is 5.49. The number of halogens is 1. The molecule has 0 bridgehead atoms. The zero-order valence-electron chi connectivity index (χ0n) is 17.4. The van der Waals surface area contributed by atoms with Gasteiger partial charge in [-0.1, -0.05) is 29.8 Å². The molecule has 8 heteroatoms. The molecule has 0 spiro atoms. The van der Waals surface area contributed by atoms with Gasteiger partial charge < -0.3 is 20.7 Å². The van der Waals surface area contributed by atoms with E-state index in [1.54, 1.807) is 31.6 Å². The van der Waals surface area contributed by atoms with E-state index in [1.165, 1.54) is 11.1 Å². The van der Waals surface area contributed by atoms with Crippen LogP contribution in [0, 0.1) is 12.8 Å². The Morgan fingerprint density at radius 2 is 2.03 bits per heavy atom. The molecule has 1 amide bonds. The van der Waals surface area contributed by atoms with Crippen LogP contribution in [0.15, 0.2) is 53.8 Å². The lowest BCUT2D eigenvalue weighted by Gasteiger charge is -2.32. The molecule has 0 saturated carbocycles. The zero-order chi connectivity index (χ0) is 20.5. The number of hydrogen-bond donors (Lipinski definition) is 3. The number of guanidine groups is 1. The largest absolute Gasteiger partial charge is 0.373 e. The fraction of sp³-hybridized carbons (Fsp3) is 0.409. The van der Waals surface area contributed by atoms with Gasteiger partial charge in [-0.2, -0.15) is 0 Å². The second-order valence-corrected chi connectivity index (χ2v) is 7.20. The highest BCUT2D eigenvalue weighted by Gasteiger charge is 2.27. The molecule has 2 heterocycles. The molecule has 0 radical (unpaired) electrons. The summed E-state index contributed by atoms with van der Waals surface area (Å²) < 4.78 is 6.08. The predicted molar refractivity (Wildman–Crippen MR) is 130 cm³/mol. The summed E-state index contributed by atoms with van der Waals surface area (Å²) in [7, 11) is 1.70. The molecule has 1 saturated heterocycles. The minimum Gasteiger partial charge on any atom is -0.373 e. The molecule has 1 aliphatic rings. The Bertz CT molecular complexity index is 814. The third kappa shape index (κ3) is 7.24. The van der Waals surface area contributed by atoms with Crippen molar-refractivity contribution in [2.75, 3.05) is 32.1 Å². The number of aryl methyl sites for hydroxylation is 1. The minimum atomic E-state index is -0.153. The number of carbonyl (C=O) groups is 1. The van der Waals surface area contributed by atoms with Crippen LogP contribution in [-0.2, 0) is 9.53 Å². The highest BCUT2D eigenvalue weighted by molar-refractivity contribution is 14.0. The van der Waals surface area contributed by atoms with E-state index in [-0.39, 0.29) is 42.5 Å². The molecule has 2 unspecified atom stereocenters. The number of ether oxygens (including phenoxy) is 1. The fourth-order valence-corrected chi connectivity index (χ4v) is 3.43. The van der Waals surface area contributed by atoms with E-state index in [9.17, 15) is 4.79 Å². The Balaban J connectivity index is 0.00000320. The summed E-state index contributed by atoms with van der Waals surface area (Å²) in [4.78, 5) is 20.3. The van der Waals surface area contributed by atoms with Crippen LogP contribution in [0.5, 0.6) is 0 Å². The summed E-state index contributed by atoms with van der Waals surface area (Å²) in [5, 5.41) is 9.19. The Morgan fingerprint density at radius 3 is 2.73 bits per heavy atom. The number of hydrogen-bond acceptors (Lipinski definition) is 4. The van der Waals surface area contributed by atoms with E-state index in [2.05, 4.69) is 57.1 Å². The van der Waals surface area contributed by atoms with Crippen molar-refractivity contribution < 1.29 is 9.53 Å². The van der Waals surface area contributed by atoms with Crippen molar-refractivity contribution >= 4 is 41.5 Å². The third-order valence-corrected chi connectivity index (χ3v) is 4.97. The second kappa shape index (κ2) is 12.5. The molecule has 1 aliphatic heterocycles. The molecule has 7 nitrogen and oxygen atoms in total. The Hall–Kier alpha value is -2.20. The molecule has 1 fully saturated rings. The van der Waals surface area contributed by atoms with E-state index in [0.29, 0.717) is 17.6 Å². The number of amides is 1. The molecular formula is C22H30IN5O2. The Kier molecular flexibility index (Phi) is 10.0. The number of aromatic nitrogens is 1. The van der Waals surface area contributed by atoms with Crippen LogP contribution < -0.4 is 16.0 Å². The van der Waals surface area contributed by atoms with E-state index >= 15 is 0 Å². The lowest BCUT2D eigenvalue weighted by Crippen LogP contribution is -2.44. The number of aliphatic imine (C=N–C) groups is 1. The van der Waals surface area contributed by atoms with Crippen LogP contribution in [0.2, 0.25) is 0 Å². The van der Waals surface area contributed by atoms with Gasteiger partial charge in [0.25, 0.3) is 0 Å². The number of anilines is 1. The summed E-state index contributed by atoms with van der Waals surface area (Å²) in [5.74, 6) is 0.785. The van der Waals surface area contributed by atoms with Crippen molar-refractivity contribution in [3.63, 3.8) is 0 Å². The van der Waals surface area contributed by atoms with Crippen LogP contribution in [0.1, 0.15) is 30.1 Å². The molecular weight excluding hydrogens is 493 g/mol.